The van der Waals surface area contributed by atoms with Gasteiger partial charge in [-0.3, -0.25) is 14.5 Å². The molecule has 1 aromatic heterocycles. The summed E-state index contributed by atoms with van der Waals surface area (Å²) in [6, 6.07) is 17.2. The minimum Gasteiger partial charge on any atom is -0.493 e. The van der Waals surface area contributed by atoms with Crippen LogP contribution in [0.5, 0.6) is 11.5 Å². The van der Waals surface area contributed by atoms with Crippen molar-refractivity contribution >= 4 is 39.1 Å². The summed E-state index contributed by atoms with van der Waals surface area (Å²) < 4.78 is 13.3. The lowest BCUT2D eigenvalue weighted by Crippen LogP contribution is -2.58. The number of anilines is 2. The van der Waals surface area contributed by atoms with Gasteiger partial charge >= 0.3 is 0 Å². The lowest BCUT2D eigenvalue weighted by molar-refractivity contribution is -0.695. The van der Waals surface area contributed by atoms with Crippen LogP contribution in [0.3, 0.4) is 0 Å². The van der Waals surface area contributed by atoms with Crippen LogP contribution >= 0.6 is 15.9 Å². The normalized spacial score (nSPS) is 15.3. The first-order valence-corrected chi connectivity index (χ1v) is 10.4. The first kappa shape index (κ1) is 20.9. The van der Waals surface area contributed by atoms with E-state index in [1.54, 1.807) is 29.9 Å². The van der Waals surface area contributed by atoms with Gasteiger partial charge in [-0.05, 0) is 36.4 Å². The highest BCUT2D eigenvalue weighted by atomic mass is 79.9. The van der Waals surface area contributed by atoms with Gasteiger partial charge in [-0.25, -0.2) is 0 Å². The molecule has 0 aliphatic carbocycles. The predicted molar refractivity (Wildman–Crippen MR) is 119 cm³/mol. The number of nitrogens with one attached hydrogen (secondary N) is 1. The molecule has 1 aliphatic heterocycles. The van der Waals surface area contributed by atoms with Gasteiger partial charge in [0.1, 0.15) is 0 Å². The van der Waals surface area contributed by atoms with Crippen LogP contribution in [0.2, 0.25) is 0 Å². The van der Waals surface area contributed by atoms with E-state index in [1.807, 2.05) is 48.7 Å². The predicted octanol–water partition coefficient (Wildman–Crippen LogP) is 3.48. The first-order chi connectivity index (χ1) is 15.0. The Morgan fingerprint density at radius 1 is 1.06 bits per heavy atom. The summed E-state index contributed by atoms with van der Waals surface area (Å²) in [7, 11) is 3.08. The van der Waals surface area contributed by atoms with E-state index in [9.17, 15) is 9.59 Å². The number of aromatic nitrogens is 1. The average molecular weight is 483 g/mol. The molecule has 2 heterocycles. The zero-order valence-electron chi connectivity index (χ0n) is 17.0. The van der Waals surface area contributed by atoms with Gasteiger partial charge in [0.05, 0.1) is 14.2 Å². The molecule has 4 rings (SSSR count). The Hall–Kier alpha value is -3.39. The van der Waals surface area contributed by atoms with E-state index in [1.165, 1.54) is 12.0 Å². The van der Waals surface area contributed by atoms with Crippen molar-refractivity contribution in [3.8, 4) is 11.5 Å². The summed E-state index contributed by atoms with van der Waals surface area (Å²) in [5.74, 6) is 0.562. The zero-order chi connectivity index (χ0) is 22.0. The molecule has 158 valence electrons. The number of nitrogens with zero attached hydrogens (tertiary/aromatic N) is 2. The third-order valence-electron chi connectivity index (χ3n) is 5.09. The molecule has 0 spiro atoms. The van der Waals surface area contributed by atoms with E-state index >= 15 is 0 Å². The summed E-state index contributed by atoms with van der Waals surface area (Å²) in [5, 5.41) is 2.92. The number of carbonyl (C=O) groups is 2. The van der Waals surface area contributed by atoms with Crippen LogP contribution < -0.4 is 24.3 Å². The highest BCUT2D eigenvalue weighted by Gasteiger charge is 2.43. The fourth-order valence-electron chi connectivity index (χ4n) is 3.65. The molecule has 1 N–H and O–H groups in total. The van der Waals surface area contributed by atoms with E-state index in [0.717, 1.165) is 10.2 Å². The molecule has 8 heteroatoms. The maximum Gasteiger partial charge on any atom is 0.294 e. The average Bonchev–Trinajstić information content (AvgIpc) is 2.78. The molecular weight excluding hydrogens is 462 g/mol. The highest BCUT2D eigenvalue weighted by molar-refractivity contribution is 9.10. The van der Waals surface area contributed by atoms with Crippen LogP contribution in [0.4, 0.5) is 11.4 Å². The maximum atomic E-state index is 13.5. The van der Waals surface area contributed by atoms with E-state index in [4.69, 9.17) is 9.47 Å². The smallest absolute Gasteiger partial charge is 0.294 e. The molecule has 0 bridgehead atoms. The number of amides is 2. The first-order valence-electron chi connectivity index (χ1n) is 9.60. The van der Waals surface area contributed by atoms with E-state index < -0.39 is 6.04 Å². The summed E-state index contributed by atoms with van der Waals surface area (Å²) >= 11 is 3.42. The Kier molecular flexibility index (Phi) is 5.90. The maximum absolute atomic E-state index is 13.5. The molecule has 7 nitrogen and oxygen atoms in total. The third kappa shape index (κ3) is 4.11. The minimum absolute atomic E-state index is 0.159. The Bertz CT molecular complexity index is 1130. The lowest BCUT2D eigenvalue weighted by Gasteiger charge is -2.32. The van der Waals surface area contributed by atoms with E-state index in [-0.39, 0.29) is 18.4 Å². The molecular formula is C23H21BrN3O4+. The van der Waals surface area contributed by atoms with Crippen molar-refractivity contribution in [1.82, 2.24) is 0 Å². The van der Waals surface area contributed by atoms with Crippen LogP contribution in [-0.4, -0.2) is 26.0 Å². The Balaban J connectivity index is 1.73. The summed E-state index contributed by atoms with van der Waals surface area (Å²) in [6.45, 7) is 0.159. The largest absolute Gasteiger partial charge is 0.493 e. The Labute approximate surface area is 188 Å². The quantitative estimate of drug-likeness (QED) is 0.565. The van der Waals surface area contributed by atoms with Crippen LogP contribution in [-0.2, 0) is 16.1 Å². The monoisotopic (exact) mass is 482 g/mol. The fourth-order valence-corrected chi connectivity index (χ4v) is 3.92. The fraction of sp³-hybridized carbons (Fsp3) is 0.174. The van der Waals surface area contributed by atoms with Gasteiger partial charge in [0.25, 0.3) is 11.8 Å². The minimum atomic E-state index is -0.836. The second-order valence-corrected chi connectivity index (χ2v) is 7.87. The molecule has 0 fully saturated rings. The van der Waals surface area contributed by atoms with Crippen LogP contribution in [0.15, 0.2) is 71.3 Å². The van der Waals surface area contributed by atoms with E-state index in [2.05, 4.69) is 21.2 Å². The number of hydrogen-bond donors (Lipinski definition) is 1. The van der Waals surface area contributed by atoms with E-state index in [0.29, 0.717) is 22.9 Å². The van der Waals surface area contributed by atoms with Crippen molar-refractivity contribution in [2.75, 3.05) is 24.4 Å². The zero-order valence-corrected chi connectivity index (χ0v) is 18.6. The molecule has 0 unspecified atom stereocenters. The van der Waals surface area contributed by atoms with Crippen molar-refractivity contribution in [2.45, 2.75) is 12.6 Å². The molecule has 31 heavy (non-hydrogen) atoms. The van der Waals surface area contributed by atoms with Gasteiger partial charge in [0, 0.05) is 34.0 Å². The number of ether oxygens (including phenoxy) is 2. The molecule has 0 saturated carbocycles. The van der Waals surface area contributed by atoms with Crippen molar-refractivity contribution in [3.05, 3.63) is 77.0 Å². The van der Waals surface area contributed by atoms with Crippen molar-refractivity contribution < 1.29 is 23.6 Å². The number of rotatable bonds is 5. The van der Waals surface area contributed by atoms with Gasteiger partial charge in [-0.1, -0.05) is 22.0 Å². The summed E-state index contributed by atoms with van der Waals surface area (Å²) in [5.41, 5.74) is 1.91. The van der Waals surface area contributed by atoms with Crippen molar-refractivity contribution in [3.63, 3.8) is 0 Å². The molecule has 2 aromatic carbocycles. The van der Waals surface area contributed by atoms with Gasteiger partial charge in [0.2, 0.25) is 18.3 Å². The molecule has 1 aliphatic rings. The number of pyridine rings is 1. The third-order valence-corrected chi connectivity index (χ3v) is 5.62. The number of benzene rings is 2. The van der Waals surface area contributed by atoms with Gasteiger partial charge in [0.15, 0.2) is 17.7 Å². The van der Waals surface area contributed by atoms with Gasteiger partial charge < -0.3 is 14.8 Å². The molecule has 2 amide bonds. The molecule has 0 radical (unpaired) electrons. The van der Waals surface area contributed by atoms with Crippen molar-refractivity contribution in [1.29, 1.82) is 0 Å². The second kappa shape index (κ2) is 8.77. The highest BCUT2D eigenvalue weighted by Crippen LogP contribution is 2.33. The van der Waals surface area contributed by atoms with Gasteiger partial charge in [-0.15, -0.1) is 0 Å². The van der Waals surface area contributed by atoms with Gasteiger partial charge in [-0.2, -0.15) is 4.57 Å². The lowest BCUT2D eigenvalue weighted by atomic mass is 10.0. The Morgan fingerprint density at radius 2 is 1.81 bits per heavy atom. The number of hydrogen-bond acceptors (Lipinski definition) is 4. The standard InChI is InChI=1S/C23H20BrN3O4/c1-30-19-11-8-16(13-20(19)31-2)25-23(29)22-18-5-3-4-12-26(18)14-21(28)27(22)17-9-6-15(24)7-10-17/h3-13,22H,14H2,1-2H3/p+1/t22-/m0/s1. The summed E-state index contributed by atoms with van der Waals surface area (Å²) in [6.07, 6.45) is 1.81. The summed E-state index contributed by atoms with van der Waals surface area (Å²) in [4.78, 5) is 28.1. The molecule has 1 atom stereocenters. The number of methoxy groups -OCH3 is 2. The SMILES string of the molecule is COc1ccc(NC(=O)[C@@H]2c3cccc[n+]3CC(=O)N2c2ccc(Br)cc2)cc1OC. The number of carbonyl (C=O) groups excluding carboxylic acids is 2. The Morgan fingerprint density at radius 3 is 2.52 bits per heavy atom. The molecule has 3 aromatic rings. The van der Waals surface area contributed by atoms with Crippen molar-refractivity contribution in [2.24, 2.45) is 0 Å². The van der Waals surface area contributed by atoms with Crippen LogP contribution in [0.1, 0.15) is 11.7 Å². The number of halogens is 1. The van der Waals surface area contributed by atoms with Crippen LogP contribution in [0.25, 0.3) is 0 Å². The topological polar surface area (TPSA) is 71.8 Å². The number of fused-ring (bicyclic) bond motifs is 1. The van der Waals surface area contributed by atoms with Crippen LogP contribution in [0, 0.1) is 0 Å². The second-order valence-electron chi connectivity index (χ2n) is 6.96. The molecule has 0 saturated heterocycles.